The van der Waals surface area contributed by atoms with Gasteiger partial charge in [0, 0.05) is 0 Å². The third kappa shape index (κ3) is 8.34. The molecule has 10 aromatic rings. The van der Waals surface area contributed by atoms with Gasteiger partial charge in [-0.25, -0.2) is 0 Å². The lowest BCUT2D eigenvalue weighted by Crippen LogP contribution is -2.00. The molecule has 0 fully saturated rings. The Morgan fingerprint density at radius 1 is 0.156 bits per heavy atom. The standard InChI is InChI=1S/C64H46/c1-9-25-47(26-10-1)59-45-55(63(53-37-21-7-22-38-53)61(49-29-13-3-14-30-49)50-31-15-4-16-32-50)41-43-57(59)58-44-42-56(46-60(58)48-27-11-2-12-28-48)64(54-39-23-8-24-40-54)62(51-33-17-5-18-34-51)52-35-19-6-20-36-52/h1-46H. The van der Waals surface area contributed by atoms with Crippen molar-refractivity contribution in [3.63, 3.8) is 0 Å². The Hall–Kier alpha value is -8.32. The molecular weight excluding hydrogens is 769 g/mol. The first-order valence-corrected chi connectivity index (χ1v) is 22.0. The van der Waals surface area contributed by atoms with Crippen LogP contribution in [0.1, 0.15) is 44.5 Å². The second-order valence-corrected chi connectivity index (χ2v) is 15.9. The van der Waals surface area contributed by atoms with Gasteiger partial charge in [0.15, 0.2) is 0 Å². The normalized spacial score (nSPS) is 10.8. The minimum absolute atomic E-state index is 1.15. The summed E-state index contributed by atoms with van der Waals surface area (Å²) in [6.45, 7) is 0. The van der Waals surface area contributed by atoms with Gasteiger partial charge in [-0.15, -0.1) is 0 Å². The summed E-state index contributed by atoms with van der Waals surface area (Å²) in [4.78, 5) is 0. The first-order valence-electron chi connectivity index (χ1n) is 22.0. The van der Waals surface area contributed by atoms with Crippen molar-refractivity contribution in [3.8, 4) is 33.4 Å². The Balaban J connectivity index is 1.25. The highest BCUT2D eigenvalue weighted by Gasteiger charge is 2.22. The third-order valence-corrected chi connectivity index (χ3v) is 12.0. The lowest BCUT2D eigenvalue weighted by molar-refractivity contribution is 1.48. The summed E-state index contributed by atoms with van der Waals surface area (Å²) < 4.78 is 0. The number of benzene rings is 10. The van der Waals surface area contributed by atoms with Crippen LogP contribution in [0, 0.1) is 0 Å². The van der Waals surface area contributed by atoms with Crippen molar-refractivity contribution in [1.29, 1.82) is 0 Å². The van der Waals surface area contributed by atoms with Crippen molar-refractivity contribution in [2.45, 2.75) is 0 Å². The fraction of sp³-hybridized carbons (Fsp3) is 0. The molecule has 0 aliphatic heterocycles. The minimum atomic E-state index is 1.15. The Kier molecular flexibility index (Phi) is 11.7. The maximum absolute atomic E-state index is 2.42. The molecule has 0 heterocycles. The van der Waals surface area contributed by atoms with Gasteiger partial charge in [0.05, 0.1) is 0 Å². The molecule has 0 nitrogen and oxygen atoms in total. The topological polar surface area (TPSA) is 0 Å². The molecule has 0 amide bonds. The van der Waals surface area contributed by atoms with E-state index in [2.05, 4.69) is 279 Å². The highest BCUT2D eigenvalue weighted by atomic mass is 14.3. The van der Waals surface area contributed by atoms with Crippen LogP contribution in [0.5, 0.6) is 0 Å². The van der Waals surface area contributed by atoms with E-state index in [9.17, 15) is 0 Å². The van der Waals surface area contributed by atoms with E-state index in [1.165, 1.54) is 77.9 Å². The van der Waals surface area contributed by atoms with Crippen LogP contribution in [0.25, 0.3) is 55.7 Å². The SMILES string of the molecule is c1ccc(C(=C(c2ccccc2)c2ccc(-c3ccc(C(=C(c4ccccc4)c4ccccc4)c4ccccc4)cc3-c3ccccc3)c(-c3ccccc3)c2)c2ccccc2)cc1. The van der Waals surface area contributed by atoms with Crippen LogP contribution in [-0.2, 0) is 0 Å². The summed E-state index contributed by atoms with van der Waals surface area (Å²) in [5.41, 5.74) is 21.1. The quantitative estimate of drug-likeness (QED) is 0.114. The average Bonchev–Trinajstić information content (AvgIpc) is 3.39. The molecule has 64 heavy (non-hydrogen) atoms. The van der Waals surface area contributed by atoms with Gasteiger partial charge in [0.25, 0.3) is 0 Å². The van der Waals surface area contributed by atoms with Gasteiger partial charge in [0.1, 0.15) is 0 Å². The van der Waals surface area contributed by atoms with E-state index in [4.69, 9.17) is 0 Å². The van der Waals surface area contributed by atoms with Gasteiger partial charge in [0.2, 0.25) is 0 Å². The molecule has 0 atom stereocenters. The summed E-state index contributed by atoms with van der Waals surface area (Å²) in [7, 11) is 0. The summed E-state index contributed by atoms with van der Waals surface area (Å²) in [6.07, 6.45) is 0. The fourth-order valence-corrected chi connectivity index (χ4v) is 9.03. The van der Waals surface area contributed by atoms with Crippen LogP contribution < -0.4 is 0 Å². The summed E-state index contributed by atoms with van der Waals surface area (Å²) in [6, 6.07) is 101. The number of rotatable bonds is 11. The van der Waals surface area contributed by atoms with Crippen molar-refractivity contribution in [3.05, 3.63) is 324 Å². The highest BCUT2D eigenvalue weighted by Crippen LogP contribution is 2.45. The van der Waals surface area contributed by atoms with Gasteiger partial charge in [-0.2, -0.15) is 0 Å². The monoisotopic (exact) mass is 814 g/mol. The Labute approximate surface area is 377 Å². The van der Waals surface area contributed by atoms with Crippen LogP contribution >= 0.6 is 0 Å². The molecule has 0 spiro atoms. The molecule has 10 aromatic carbocycles. The molecule has 10 rings (SSSR count). The van der Waals surface area contributed by atoms with Gasteiger partial charge in [-0.1, -0.05) is 267 Å². The third-order valence-electron chi connectivity index (χ3n) is 12.0. The van der Waals surface area contributed by atoms with E-state index in [-0.39, 0.29) is 0 Å². The smallest absolute Gasteiger partial charge is 0.00266 e. The molecule has 0 saturated carbocycles. The van der Waals surface area contributed by atoms with Crippen LogP contribution in [0.2, 0.25) is 0 Å². The van der Waals surface area contributed by atoms with Crippen LogP contribution in [0.15, 0.2) is 279 Å². The van der Waals surface area contributed by atoms with Crippen molar-refractivity contribution in [2.24, 2.45) is 0 Å². The Morgan fingerprint density at radius 3 is 0.594 bits per heavy atom. The zero-order valence-corrected chi connectivity index (χ0v) is 35.6. The Bertz CT molecular complexity index is 2870. The molecule has 302 valence electrons. The molecule has 0 N–H and O–H groups in total. The first kappa shape index (κ1) is 39.8. The zero-order chi connectivity index (χ0) is 42.9. The molecule has 0 aliphatic rings. The summed E-state index contributed by atoms with van der Waals surface area (Å²) in [5, 5.41) is 0. The summed E-state index contributed by atoms with van der Waals surface area (Å²) in [5.74, 6) is 0. The second-order valence-electron chi connectivity index (χ2n) is 15.9. The molecule has 0 heteroatoms. The lowest BCUT2D eigenvalue weighted by atomic mass is 9.81. The molecule has 0 aliphatic carbocycles. The predicted octanol–water partition coefficient (Wildman–Crippen LogP) is 16.7. The van der Waals surface area contributed by atoms with E-state index in [1.54, 1.807) is 0 Å². The molecule has 0 unspecified atom stereocenters. The average molecular weight is 815 g/mol. The molecule has 0 saturated heterocycles. The van der Waals surface area contributed by atoms with Crippen molar-refractivity contribution >= 4 is 22.3 Å². The van der Waals surface area contributed by atoms with E-state index in [1.807, 2.05) is 0 Å². The highest BCUT2D eigenvalue weighted by molar-refractivity contribution is 6.07. The first-order chi connectivity index (χ1) is 31.8. The van der Waals surface area contributed by atoms with Gasteiger partial charge < -0.3 is 0 Å². The van der Waals surface area contributed by atoms with Crippen LogP contribution in [0.4, 0.5) is 0 Å². The minimum Gasteiger partial charge on any atom is -0.0622 e. The van der Waals surface area contributed by atoms with Gasteiger partial charge in [-0.3, -0.25) is 0 Å². The van der Waals surface area contributed by atoms with E-state index in [0.29, 0.717) is 0 Å². The predicted molar refractivity (Wildman–Crippen MR) is 271 cm³/mol. The van der Waals surface area contributed by atoms with Crippen LogP contribution in [-0.4, -0.2) is 0 Å². The molecular formula is C64H46. The Morgan fingerprint density at radius 2 is 0.359 bits per heavy atom. The number of hydrogen-bond acceptors (Lipinski definition) is 0. The zero-order valence-electron chi connectivity index (χ0n) is 35.6. The maximum atomic E-state index is 2.42. The largest absolute Gasteiger partial charge is 0.0622 e. The van der Waals surface area contributed by atoms with Crippen molar-refractivity contribution in [1.82, 2.24) is 0 Å². The number of hydrogen-bond donors (Lipinski definition) is 0. The van der Waals surface area contributed by atoms with Gasteiger partial charge in [-0.05, 0) is 112 Å². The van der Waals surface area contributed by atoms with E-state index < -0.39 is 0 Å². The molecule has 0 bridgehead atoms. The van der Waals surface area contributed by atoms with Gasteiger partial charge >= 0.3 is 0 Å². The fourth-order valence-electron chi connectivity index (χ4n) is 9.03. The second kappa shape index (κ2) is 18.7. The summed E-state index contributed by atoms with van der Waals surface area (Å²) >= 11 is 0. The van der Waals surface area contributed by atoms with Crippen molar-refractivity contribution in [2.75, 3.05) is 0 Å². The molecule has 0 radical (unpaired) electrons. The lowest BCUT2D eigenvalue weighted by Gasteiger charge is -2.22. The van der Waals surface area contributed by atoms with Crippen LogP contribution in [0.3, 0.4) is 0 Å². The maximum Gasteiger partial charge on any atom is -0.00266 e. The molecule has 0 aromatic heterocycles. The van der Waals surface area contributed by atoms with E-state index >= 15 is 0 Å². The van der Waals surface area contributed by atoms with E-state index in [0.717, 1.165) is 22.3 Å². The van der Waals surface area contributed by atoms with Crippen molar-refractivity contribution < 1.29 is 0 Å².